The van der Waals surface area contributed by atoms with Crippen molar-refractivity contribution in [3.63, 3.8) is 0 Å². The van der Waals surface area contributed by atoms with Crippen LogP contribution in [-0.4, -0.2) is 16.1 Å². The van der Waals surface area contributed by atoms with E-state index in [1.807, 2.05) is 45.0 Å². The van der Waals surface area contributed by atoms with Gasteiger partial charge in [-0.15, -0.1) is 0 Å². The van der Waals surface area contributed by atoms with E-state index in [1.54, 1.807) is 0 Å². The lowest BCUT2D eigenvalue weighted by Gasteiger charge is -2.19. The molecule has 1 aromatic carbocycles. The highest BCUT2D eigenvalue weighted by molar-refractivity contribution is 14.1. The fourth-order valence-corrected chi connectivity index (χ4v) is 1.83. The predicted octanol–water partition coefficient (Wildman–Crippen LogP) is 4.40. The second-order valence-corrected chi connectivity index (χ2v) is 6.20. The van der Waals surface area contributed by atoms with Crippen molar-refractivity contribution in [3.8, 4) is 0 Å². The molecule has 0 aliphatic carbocycles. The second-order valence-electron chi connectivity index (χ2n) is 5.12. The van der Waals surface area contributed by atoms with Gasteiger partial charge < -0.3 is 4.74 Å². The number of aryl methyl sites for hydroxylation is 1. The van der Waals surface area contributed by atoms with E-state index in [2.05, 4.69) is 27.9 Å². The van der Waals surface area contributed by atoms with Crippen molar-refractivity contribution in [2.45, 2.75) is 39.2 Å². The SMILES string of the molecule is CC(C)(C)OC(=O)Nc1ccc(CCCI)cc1. The van der Waals surface area contributed by atoms with Crippen LogP contribution < -0.4 is 5.32 Å². The molecule has 0 aromatic heterocycles. The molecule has 0 saturated carbocycles. The molecule has 1 amide bonds. The zero-order valence-electron chi connectivity index (χ0n) is 11.1. The highest BCUT2D eigenvalue weighted by Crippen LogP contribution is 2.14. The first kappa shape index (κ1) is 15.3. The van der Waals surface area contributed by atoms with Crippen LogP contribution in [0.1, 0.15) is 32.8 Å². The third-order valence-corrected chi connectivity index (χ3v) is 2.96. The number of anilines is 1. The van der Waals surface area contributed by atoms with Gasteiger partial charge in [-0.2, -0.15) is 0 Å². The minimum atomic E-state index is -0.468. The Hall–Kier alpha value is -0.780. The van der Waals surface area contributed by atoms with Gasteiger partial charge in [0.1, 0.15) is 5.60 Å². The van der Waals surface area contributed by atoms with Crippen LogP contribution in [-0.2, 0) is 11.2 Å². The van der Waals surface area contributed by atoms with Crippen LogP contribution in [0.3, 0.4) is 0 Å². The van der Waals surface area contributed by atoms with E-state index < -0.39 is 11.7 Å². The predicted molar refractivity (Wildman–Crippen MR) is 83.5 cm³/mol. The van der Waals surface area contributed by atoms with Gasteiger partial charge in [0.25, 0.3) is 0 Å². The van der Waals surface area contributed by atoms with E-state index in [0.29, 0.717) is 0 Å². The number of hydrogen-bond donors (Lipinski definition) is 1. The van der Waals surface area contributed by atoms with Crippen LogP contribution in [0.25, 0.3) is 0 Å². The molecule has 1 N–H and O–H groups in total. The van der Waals surface area contributed by atoms with Gasteiger partial charge in [-0.05, 0) is 55.7 Å². The van der Waals surface area contributed by atoms with Crippen LogP contribution in [0.5, 0.6) is 0 Å². The Kier molecular flexibility index (Phi) is 5.91. The normalized spacial score (nSPS) is 11.1. The summed E-state index contributed by atoms with van der Waals surface area (Å²) in [7, 11) is 0. The zero-order valence-corrected chi connectivity index (χ0v) is 13.3. The largest absolute Gasteiger partial charge is 0.444 e. The lowest BCUT2D eigenvalue weighted by Crippen LogP contribution is -2.27. The summed E-state index contributed by atoms with van der Waals surface area (Å²) in [5, 5.41) is 2.72. The molecule has 0 bridgehead atoms. The Labute approximate surface area is 122 Å². The molecule has 0 spiro atoms. The number of halogens is 1. The van der Waals surface area contributed by atoms with Crippen molar-refractivity contribution in [3.05, 3.63) is 29.8 Å². The van der Waals surface area contributed by atoms with Crippen LogP contribution in [0.4, 0.5) is 10.5 Å². The van der Waals surface area contributed by atoms with Gasteiger partial charge in [-0.3, -0.25) is 5.32 Å². The van der Waals surface area contributed by atoms with E-state index in [1.165, 1.54) is 12.0 Å². The third-order valence-electron chi connectivity index (χ3n) is 2.20. The Morgan fingerprint density at radius 1 is 1.28 bits per heavy atom. The fraction of sp³-hybridized carbons (Fsp3) is 0.500. The van der Waals surface area contributed by atoms with E-state index >= 15 is 0 Å². The van der Waals surface area contributed by atoms with Gasteiger partial charge in [-0.1, -0.05) is 34.7 Å². The lowest BCUT2D eigenvalue weighted by atomic mass is 10.1. The number of nitrogens with one attached hydrogen (secondary N) is 1. The number of ether oxygens (including phenoxy) is 1. The average Bonchev–Trinajstić information content (AvgIpc) is 2.25. The summed E-state index contributed by atoms with van der Waals surface area (Å²) in [5.74, 6) is 0. The minimum absolute atomic E-state index is 0.414. The molecule has 0 heterocycles. The van der Waals surface area contributed by atoms with E-state index in [4.69, 9.17) is 4.74 Å². The minimum Gasteiger partial charge on any atom is -0.444 e. The first-order valence-electron chi connectivity index (χ1n) is 6.05. The van der Waals surface area contributed by atoms with Crippen molar-refractivity contribution < 1.29 is 9.53 Å². The van der Waals surface area contributed by atoms with Crippen molar-refractivity contribution in [2.24, 2.45) is 0 Å². The molecule has 0 unspecified atom stereocenters. The summed E-state index contributed by atoms with van der Waals surface area (Å²) >= 11 is 2.38. The number of hydrogen-bond acceptors (Lipinski definition) is 2. The molecule has 0 atom stereocenters. The molecule has 1 rings (SSSR count). The summed E-state index contributed by atoms with van der Waals surface area (Å²) in [4.78, 5) is 11.6. The second kappa shape index (κ2) is 6.97. The monoisotopic (exact) mass is 361 g/mol. The molecule has 0 radical (unpaired) electrons. The van der Waals surface area contributed by atoms with Gasteiger partial charge >= 0.3 is 6.09 Å². The Morgan fingerprint density at radius 2 is 1.89 bits per heavy atom. The van der Waals surface area contributed by atoms with E-state index in [9.17, 15) is 4.79 Å². The zero-order chi connectivity index (χ0) is 13.6. The van der Waals surface area contributed by atoms with Crippen molar-refractivity contribution in [1.82, 2.24) is 0 Å². The van der Waals surface area contributed by atoms with E-state index in [0.717, 1.165) is 16.5 Å². The molecule has 0 saturated heterocycles. The maximum Gasteiger partial charge on any atom is 0.412 e. The Balaban J connectivity index is 2.50. The quantitative estimate of drug-likeness (QED) is 0.638. The number of carbonyl (C=O) groups is 1. The summed E-state index contributed by atoms with van der Waals surface area (Å²) in [6, 6.07) is 7.90. The molecule has 3 nitrogen and oxygen atoms in total. The molecule has 4 heteroatoms. The molecule has 0 aliphatic heterocycles. The number of benzene rings is 1. The van der Waals surface area contributed by atoms with Crippen molar-refractivity contribution in [2.75, 3.05) is 9.74 Å². The maximum absolute atomic E-state index is 11.6. The maximum atomic E-state index is 11.6. The van der Waals surface area contributed by atoms with Crippen molar-refractivity contribution in [1.29, 1.82) is 0 Å². The number of amides is 1. The first-order valence-corrected chi connectivity index (χ1v) is 7.58. The van der Waals surface area contributed by atoms with Crippen LogP contribution >= 0.6 is 22.6 Å². The van der Waals surface area contributed by atoms with Crippen LogP contribution in [0, 0.1) is 0 Å². The molecular weight excluding hydrogens is 341 g/mol. The van der Waals surface area contributed by atoms with Crippen LogP contribution in [0.15, 0.2) is 24.3 Å². The van der Waals surface area contributed by atoms with Gasteiger partial charge in [0.05, 0.1) is 0 Å². The summed E-state index contributed by atoms with van der Waals surface area (Å²) < 4.78 is 6.35. The van der Waals surface area contributed by atoms with Gasteiger partial charge in [0.15, 0.2) is 0 Å². The highest BCUT2D eigenvalue weighted by Gasteiger charge is 2.15. The highest BCUT2D eigenvalue weighted by atomic mass is 127. The van der Waals surface area contributed by atoms with Gasteiger partial charge in [0.2, 0.25) is 0 Å². The molecule has 1 aromatic rings. The van der Waals surface area contributed by atoms with E-state index in [-0.39, 0.29) is 0 Å². The lowest BCUT2D eigenvalue weighted by molar-refractivity contribution is 0.0636. The summed E-state index contributed by atoms with van der Waals surface area (Å²) in [6.07, 6.45) is 1.84. The third kappa shape index (κ3) is 6.23. The Morgan fingerprint density at radius 3 is 2.39 bits per heavy atom. The number of alkyl halides is 1. The summed E-state index contributed by atoms with van der Waals surface area (Å²) in [6.45, 7) is 5.54. The molecular formula is C14H20INO2. The summed E-state index contributed by atoms with van der Waals surface area (Å²) in [5.41, 5.74) is 1.59. The topological polar surface area (TPSA) is 38.3 Å². The van der Waals surface area contributed by atoms with Crippen molar-refractivity contribution >= 4 is 34.4 Å². The number of carbonyl (C=O) groups excluding carboxylic acids is 1. The molecule has 18 heavy (non-hydrogen) atoms. The molecule has 0 aliphatic rings. The standard InChI is InChI=1S/C14H20INO2/c1-14(2,3)18-13(17)16-12-8-6-11(7-9-12)5-4-10-15/h6-9H,4-5,10H2,1-3H3,(H,16,17). The fourth-order valence-electron chi connectivity index (χ4n) is 1.45. The van der Waals surface area contributed by atoms with Gasteiger partial charge in [0, 0.05) is 5.69 Å². The smallest absolute Gasteiger partial charge is 0.412 e. The molecule has 100 valence electrons. The van der Waals surface area contributed by atoms with Gasteiger partial charge in [-0.25, -0.2) is 4.79 Å². The number of rotatable bonds is 4. The Bertz CT molecular complexity index is 382. The first-order chi connectivity index (χ1) is 8.40. The average molecular weight is 361 g/mol. The molecule has 0 fully saturated rings. The van der Waals surface area contributed by atoms with Crippen LogP contribution in [0.2, 0.25) is 0 Å².